The zero-order valence-corrected chi connectivity index (χ0v) is 30.5. The molecule has 36 heavy (non-hydrogen) atoms. The third-order valence-corrected chi connectivity index (χ3v) is 20.6. The lowest BCUT2D eigenvalue weighted by Crippen LogP contribution is -2.67. The van der Waals surface area contributed by atoms with Gasteiger partial charge >= 0.3 is 0 Å². The van der Waals surface area contributed by atoms with E-state index in [4.69, 9.17) is 11.1 Å². The van der Waals surface area contributed by atoms with Gasteiger partial charge in [-0.05, 0) is 15.6 Å². The van der Waals surface area contributed by atoms with E-state index >= 15 is 0 Å². The average Bonchev–Trinajstić information content (AvgIpc) is 2.76. The Morgan fingerprint density at radius 3 is 0.861 bits per heavy atom. The first kappa shape index (κ1) is 29.6. The summed E-state index contributed by atoms with van der Waals surface area (Å²) in [4.78, 5) is 0. The molecule has 0 nitrogen and oxygen atoms in total. The van der Waals surface area contributed by atoms with Crippen LogP contribution in [0, 0.1) is 0 Å². The van der Waals surface area contributed by atoms with Gasteiger partial charge in [-0.2, -0.15) is 0 Å². The number of rotatable bonds is 7. The summed E-state index contributed by atoms with van der Waals surface area (Å²) in [6.45, 7) is 29.6. The Balaban J connectivity index is 2.49. The summed E-state index contributed by atoms with van der Waals surface area (Å²) in [6, 6.07) is 26.1. The third kappa shape index (κ3) is 6.36. The fourth-order valence-corrected chi connectivity index (χ4v) is 14.2. The van der Waals surface area contributed by atoms with E-state index in [1.54, 1.807) is 0 Å². The molecule has 3 aromatic rings. The highest BCUT2D eigenvalue weighted by atomic mass is 35.6. The van der Waals surface area contributed by atoms with Crippen molar-refractivity contribution in [2.75, 3.05) is 0 Å². The summed E-state index contributed by atoms with van der Waals surface area (Å²) >= 11 is 8.20. The maximum atomic E-state index is 8.20. The molecule has 0 aliphatic carbocycles. The van der Waals surface area contributed by atoms with E-state index in [2.05, 4.69) is 145 Å². The predicted octanol–water partition coefficient (Wildman–Crippen LogP) is 5.07. The highest BCUT2D eigenvalue weighted by Gasteiger charge is 2.41. The van der Waals surface area contributed by atoms with Crippen LogP contribution >= 0.6 is 11.1 Å². The Labute approximate surface area is 231 Å². The largest absolute Gasteiger partial charge is 0.247 e. The molecule has 0 aliphatic heterocycles. The van der Waals surface area contributed by atoms with Gasteiger partial charge in [0.15, 0.2) is 0 Å². The molecule has 0 saturated heterocycles. The van der Waals surface area contributed by atoms with Gasteiger partial charge in [-0.25, -0.2) is 0 Å². The summed E-state index contributed by atoms with van der Waals surface area (Å²) in [5.41, 5.74) is 0. The smallest absolute Gasteiger partial charge is 0.149 e. The molecule has 0 unspecified atom stereocenters. The summed E-state index contributed by atoms with van der Waals surface area (Å²) in [5.74, 6) is 0. The minimum atomic E-state index is -2.76. The van der Waals surface area contributed by atoms with Gasteiger partial charge in [0, 0.05) is 0 Å². The topological polar surface area (TPSA) is 0 Å². The van der Waals surface area contributed by atoms with E-state index in [0.717, 1.165) is 0 Å². The van der Waals surface area contributed by atoms with Gasteiger partial charge in [0.05, 0.1) is 32.3 Å². The van der Waals surface area contributed by atoms with Gasteiger partial charge < -0.3 is 0 Å². The molecule has 3 aromatic carbocycles. The molecule has 0 N–H and O–H groups in total. The highest BCUT2D eigenvalue weighted by molar-refractivity contribution is 7.40. The quantitative estimate of drug-likeness (QED) is 0.207. The van der Waals surface area contributed by atoms with Crippen LogP contribution in [-0.2, 0) is 0 Å². The molecule has 0 amide bonds. The Kier molecular flexibility index (Phi) is 8.19. The fraction of sp³-hybridized carbons (Fsp3) is 0.400. The van der Waals surface area contributed by atoms with Crippen molar-refractivity contribution in [2.24, 2.45) is 0 Å². The summed E-state index contributed by atoms with van der Waals surface area (Å²) in [6.07, 6.45) is 0. The summed E-state index contributed by atoms with van der Waals surface area (Å²) in [5, 5.41) is 10.2. The van der Waals surface area contributed by atoms with Crippen molar-refractivity contribution in [1.29, 1.82) is 0 Å². The number of halogens is 1. The molecule has 0 aliphatic rings. The van der Waals surface area contributed by atoms with Gasteiger partial charge in [0.1, 0.15) is 0 Å². The van der Waals surface area contributed by atoms with E-state index in [9.17, 15) is 0 Å². The van der Waals surface area contributed by atoms with Crippen molar-refractivity contribution in [3.05, 3.63) is 66.7 Å². The van der Waals surface area contributed by atoms with Crippen molar-refractivity contribution in [2.45, 2.75) is 78.6 Å². The van der Waals surface area contributed by atoms with Crippen LogP contribution < -0.4 is 36.3 Å². The first-order chi connectivity index (χ1) is 16.2. The highest BCUT2D eigenvalue weighted by Crippen LogP contribution is 2.15. The van der Waals surface area contributed by atoms with Crippen molar-refractivity contribution < 1.29 is 0 Å². The maximum absolute atomic E-state index is 8.20. The first-order valence-electron chi connectivity index (χ1n) is 13.3. The zero-order chi connectivity index (χ0) is 27.3. The standard InChI is InChI=1S/C30H47ClSi5/c1-32(2,3)25-18-26(33(4,5)6)21-29(20-25)36(31,24-16-14-13-15-17-24)30-22-27(34(7,8)9)19-28(23-30)35(10,11)12/h13-23H,1-12H3. The number of benzene rings is 3. The first-order valence-corrected chi connectivity index (χ1v) is 30.3. The number of hydrogen-bond donors (Lipinski definition) is 0. The van der Waals surface area contributed by atoms with E-state index in [-0.39, 0.29) is 0 Å². The van der Waals surface area contributed by atoms with E-state index in [1.165, 1.54) is 36.3 Å². The molecular formula is C30H47ClSi5. The molecule has 194 valence electrons. The molecule has 0 saturated carbocycles. The van der Waals surface area contributed by atoms with Crippen molar-refractivity contribution in [3.8, 4) is 0 Å². The van der Waals surface area contributed by atoms with Gasteiger partial charge in [-0.1, -0.05) is 166 Å². The lowest BCUT2D eigenvalue weighted by atomic mass is 10.3. The monoisotopic (exact) mass is 582 g/mol. The fourth-order valence-electron chi connectivity index (χ4n) is 4.55. The van der Waals surface area contributed by atoms with Gasteiger partial charge in [0.25, 0.3) is 0 Å². The molecular weight excluding hydrogens is 536 g/mol. The second-order valence-corrected chi connectivity index (χ2v) is 39.7. The predicted molar refractivity (Wildman–Crippen MR) is 182 cm³/mol. The third-order valence-electron chi connectivity index (χ3n) is 7.30. The summed E-state index contributed by atoms with van der Waals surface area (Å²) < 4.78 is 0. The van der Waals surface area contributed by atoms with Gasteiger partial charge in [0.2, 0.25) is 7.38 Å². The van der Waals surface area contributed by atoms with Crippen LogP contribution in [0.15, 0.2) is 66.7 Å². The van der Waals surface area contributed by atoms with Crippen LogP contribution in [0.4, 0.5) is 0 Å². The van der Waals surface area contributed by atoms with Crippen LogP contribution in [0.2, 0.25) is 78.6 Å². The Bertz CT molecular complexity index is 1080. The normalized spacial score (nSPS) is 13.7. The van der Waals surface area contributed by atoms with E-state index < -0.39 is 39.7 Å². The minimum Gasteiger partial charge on any atom is -0.149 e. The molecule has 3 rings (SSSR count). The van der Waals surface area contributed by atoms with Crippen molar-refractivity contribution in [3.63, 3.8) is 0 Å². The molecule has 0 atom stereocenters. The Morgan fingerprint density at radius 2 is 0.611 bits per heavy atom. The molecule has 0 bridgehead atoms. The molecule has 6 heteroatoms. The molecule has 0 fully saturated rings. The molecule has 0 heterocycles. The Morgan fingerprint density at radius 1 is 0.361 bits per heavy atom. The molecule has 0 spiro atoms. The average molecular weight is 584 g/mol. The van der Waals surface area contributed by atoms with Crippen LogP contribution in [-0.4, -0.2) is 39.7 Å². The van der Waals surface area contributed by atoms with Gasteiger partial charge in [-0.15, -0.1) is 11.1 Å². The molecule has 0 aromatic heterocycles. The van der Waals surface area contributed by atoms with E-state index in [0.29, 0.717) is 0 Å². The van der Waals surface area contributed by atoms with Crippen molar-refractivity contribution in [1.82, 2.24) is 0 Å². The van der Waals surface area contributed by atoms with Crippen LogP contribution in [0.25, 0.3) is 0 Å². The Hall–Kier alpha value is -0.966. The van der Waals surface area contributed by atoms with E-state index in [1.807, 2.05) is 0 Å². The molecule has 0 radical (unpaired) electrons. The zero-order valence-electron chi connectivity index (χ0n) is 24.7. The van der Waals surface area contributed by atoms with Crippen LogP contribution in [0.5, 0.6) is 0 Å². The second kappa shape index (κ2) is 9.97. The second-order valence-electron chi connectivity index (χ2n) is 14.6. The van der Waals surface area contributed by atoms with Gasteiger partial charge in [-0.3, -0.25) is 0 Å². The maximum Gasteiger partial charge on any atom is 0.247 e. The lowest BCUT2D eigenvalue weighted by Gasteiger charge is -2.33. The van der Waals surface area contributed by atoms with Crippen LogP contribution in [0.3, 0.4) is 0 Å². The lowest BCUT2D eigenvalue weighted by molar-refractivity contribution is 1.66. The summed E-state index contributed by atoms with van der Waals surface area (Å²) in [7, 11) is -8.91. The SMILES string of the molecule is C[Si](C)(C)c1cc([Si](C)(C)C)cc([Si](Cl)(c2ccccc2)c2cc([Si](C)(C)C)cc([Si](C)(C)C)c2)c1. The minimum absolute atomic E-state index is 1.30. The van der Waals surface area contributed by atoms with Crippen LogP contribution in [0.1, 0.15) is 0 Å². The number of hydrogen-bond acceptors (Lipinski definition) is 0. The van der Waals surface area contributed by atoms with Crippen molar-refractivity contribution >= 4 is 87.1 Å².